The number of aromatic nitrogens is 1. The second-order valence-corrected chi connectivity index (χ2v) is 6.23. The van der Waals surface area contributed by atoms with Crippen LogP contribution in [0.2, 0.25) is 0 Å². The zero-order valence-corrected chi connectivity index (χ0v) is 14.2. The highest BCUT2D eigenvalue weighted by Crippen LogP contribution is 2.29. The van der Waals surface area contributed by atoms with Crippen LogP contribution in [-0.4, -0.2) is 11.5 Å². The summed E-state index contributed by atoms with van der Waals surface area (Å²) >= 11 is 6.85. The number of nitrogens with zero attached hydrogens (tertiary/aromatic N) is 1. The molecule has 0 saturated heterocycles. The lowest BCUT2D eigenvalue weighted by atomic mass is 9.99. The number of likely N-dealkylation sites (N-methyl/N-ethyl adjacent to an activating group) is 1. The van der Waals surface area contributed by atoms with E-state index in [2.05, 4.69) is 42.2 Å². The molecule has 1 N–H and O–H groups in total. The van der Waals surface area contributed by atoms with Crippen molar-refractivity contribution in [1.82, 2.24) is 10.3 Å². The average molecular weight is 402 g/mol. The van der Waals surface area contributed by atoms with Gasteiger partial charge in [0, 0.05) is 32.9 Å². The van der Waals surface area contributed by atoms with Gasteiger partial charge in [-0.1, -0.05) is 28.9 Å². The molecule has 0 aliphatic carbocycles. The van der Waals surface area contributed by atoms with E-state index in [4.69, 9.17) is 0 Å². The third kappa shape index (κ3) is 3.87. The van der Waals surface area contributed by atoms with Gasteiger partial charge in [0.05, 0.1) is 0 Å². The molecule has 0 spiro atoms. The first kappa shape index (κ1) is 15.6. The Hall–Kier alpha value is -0.780. The topological polar surface area (TPSA) is 24.9 Å². The fourth-order valence-electron chi connectivity index (χ4n) is 2.17. The van der Waals surface area contributed by atoms with Crippen LogP contribution in [0.25, 0.3) is 0 Å². The van der Waals surface area contributed by atoms with Crippen molar-refractivity contribution < 1.29 is 4.39 Å². The molecule has 2 aromatic rings. The number of halogens is 3. The predicted octanol–water partition coefficient (Wildman–Crippen LogP) is 4.64. The van der Waals surface area contributed by atoms with Crippen LogP contribution in [0.4, 0.5) is 4.39 Å². The first-order valence-corrected chi connectivity index (χ1v) is 7.97. The van der Waals surface area contributed by atoms with Gasteiger partial charge >= 0.3 is 0 Å². The molecule has 1 unspecified atom stereocenters. The summed E-state index contributed by atoms with van der Waals surface area (Å²) in [5, 5.41) is 3.34. The minimum atomic E-state index is -0.201. The summed E-state index contributed by atoms with van der Waals surface area (Å²) in [6, 6.07) is 6.97. The number of benzene rings is 1. The zero-order chi connectivity index (χ0) is 14.5. The maximum Gasteiger partial charge on any atom is 0.129 e. The maximum absolute atomic E-state index is 14.1. The van der Waals surface area contributed by atoms with Crippen LogP contribution in [0.15, 0.2) is 45.6 Å². The van der Waals surface area contributed by atoms with E-state index in [1.807, 2.05) is 25.3 Å². The molecule has 1 heterocycles. The fourth-order valence-corrected chi connectivity index (χ4v) is 3.20. The van der Waals surface area contributed by atoms with Gasteiger partial charge in [-0.3, -0.25) is 4.98 Å². The van der Waals surface area contributed by atoms with E-state index < -0.39 is 0 Å². The van der Waals surface area contributed by atoms with E-state index >= 15 is 0 Å². The van der Waals surface area contributed by atoms with E-state index in [1.165, 1.54) is 6.07 Å². The highest BCUT2D eigenvalue weighted by molar-refractivity contribution is 9.10. The summed E-state index contributed by atoms with van der Waals surface area (Å²) in [4.78, 5) is 4.16. The van der Waals surface area contributed by atoms with Gasteiger partial charge in [-0.05, 0) is 52.7 Å². The van der Waals surface area contributed by atoms with Gasteiger partial charge in [-0.25, -0.2) is 4.39 Å². The molecule has 1 aromatic heterocycles. The highest BCUT2D eigenvalue weighted by Gasteiger charge is 2.18. The highest BCUT2D eigenvalue weighted by atomic mass is 79.9. The monoisotopic (exact) mass is 400 g/mol. The molecule has 1 aromatic carbocycles. The Morgan fingerprint density at radius 3 is 2.75 bits per heavy atom. The van der Waals surface area contributed by atoms with Crippen LogP contribution in [0.3, 0.4) is 0 Å². The second kappa shape index (κ2) is 7.29. The SMILES string of the molecule is CCNC(Cc1cncc(Br)c1)c1c(F)cccc1Br. The van der Waals surface area contributed by atoms with Crippen molar-refractivity contribution in [1.29, 1.82) is 0 Å². The molecule has 0 aliphatic heterocycles. The lowest BCUT2D eigenvalue weighted by Gasteiger charge is -2.20. The van der Waals surface area contributed by atoms with Crippen molar-refractivity contribution in [3.8, 4) is 0 Å². The maximum atomic E-state index is 14.1. The number of hydrogen-bond donors (Lipinski definition) is 1. The van der Waals surface area contributed by atoms with E-state index in [9.17, 15) is 4.39 Å². The van der Waals surface area contributed by atoms with Gasteiger partial charge in [0.25, 0.3) is 0 Å². The molecule has 20 heavy (non-hydrogen) atoms. The van der Waals surface area contributed by atoms with Crippen LogP contribution in [0.1, 0.15) is 24.1 Å². The van der Waals surface area contributed by atoms with Gasteiger partial charge in [-0.15, -0.1) is 0 Å². The van der Waals surface area contributed by atoms with E-state index in [0.29, 0.717) is 12.0 Å². The zero-order valence-electron chi connectivity index (χ0n) is 11.0. The van der Waals surface area contributed by atoms with Gasteiger partial charge < -0.3 is 5.32 Å². The van der Waals surface area contributed by atoms with E-state index in [0.717, 1.165) is 21.1 Å². The number of hydrogen-bond acceptors (Lipinski definition) is 2. The Balaban J connectivity index is 2.32. The Morgan fingerprint density at radius 2 is 2.10 bits per heavy atom. The molecular weight excluding hydrogens is 387 g/mol. The van der Waals surface area contributed by atoms with Crippen molar-refractivity contribution in [2.75, 3.05) is 6.54 Å². The molecular formula is C15H15Br2FN2. The Labute approximate surface area is 135 Å². The molecule has 1 atom stereocenters. The fraction of sp³-hybridized carbons (Fsp3) is 0.267. The Bertz CT molecular complexity index is 570. The third-order valence-corrected chi connectivity index (χ3v) is 4.13. The molecule has 0 saturated carbocycles. The molecule has 5 heteroatoms. The molecule has 0 fully saturated rings. The van der Waals surface area contributed by atoms with Crippen LogP contribution in [0.5, 0.6) is 0 Å². The van der Waals surface area contributed by atoms with E-state index in [1.54, 1.807) is 12.3 Å². The minimum Gasteiger partial charge on any atom is -0.310 e. The molecule has 0 amide bonds. The van der Waals surface area contributed by atoms with Crippen molar-refractivity contribution in [2.45, 2.75) is 19.4 Å². The number of nitrogens with one attached hydrogen (secondary N) is 1. The third-order valence-electron chi connectivity index (χ3n) is 3.00. The lowest BCUT2D eigenvalue weighted by molar-refractivity contribution is 0.507. The van der Waals surface area contributed by atoms with Gasteiger partial charge in [0.15, 0.2) is 0 Å². The molecule has 106 valence electrons. The van der Waals surface area contributed by atoms with Crippen molar-refractivity contribution in [2.24, 2.45) is 0 Å². The Kier molecular flexibility index (Phi) is 5.69. The van der Waals surface area contributed by atoms with Gasteiger partial charge in [0.1, 0.15) is 5.82 Å². The molecule has 2 nitrogen and oxygen atoms in total. The summed E-state index contributed by atoms with van der Waals surface area (Å²) in [7, 11) is 0. The van der Waals surface area contributed by atoms with Crippen molar-refractivity contribution in [3.63, 3.8) is 0 Å². The van der Waals surface area contributed by atoms with Gasteiger partial charge in [-0.2, -0.15) is 0 Å². The van der Waals surface area contributed by atoms with Crippen LogP contribution in [0, 0.1) is 5.82 Å². The van der Waals surface area contributed by atoms with Crippen LogP contribution < -0.4 is 5.32 Å². The first-order valence-electron chi connectivity index (χ1n) is 6.38. The first-order chi connectivity index (χ1) is 9.61. The molecule has 0 aliphatic rings. The van der Waals surface area contributed by atoms with Crippen molar-refractivity contribution in [3.05, 3.63) is 62.5 Å². The van der Waals surface area contributed by atoms with Crippen LogP contribution >= 0.6 is 31.9 Å². The lowest BCUT2D eigenvalue weighted by Crippen LogP contribution is -2.24. The number of pyridine rings is 1. The normalized spacial score (nSPS) is 12.4. The smallest absolute Gasteiger partial charge is 0.129 e. The standard InChI is InChI=1S/C15H15Br2FN2/c1-2-20-14(7-10-6-11(16)9-19-8-10)15-12(17)4-3-5-13(15)18/h3-6,8-9,14,20H,2,7H2,1H3. The summed E-state index contributed by atoms with van der Waals surface area (Å²) in [6.45, 7) is 2.79. The largest absolute Gasteiger partial charge is 0.310 e. The summed E-state index contributed by atoms with van der Waals surface area (Å²) < 4.78 is 15.8. The summed E-state index contributed by atoms with van der Waals surface area (Å²) in [6.07, 6.45) is 4.23. The minimum absolute atomic E-state index is 0.0910. The van der Waals surface area contributed by atoms with Crippen LogP contribution in [-0.2, 0) is 6.42 Å². The summed E-state index contributed by atoms with van der Waals surface area (Å²) in [5.74, 6) is -0.201. The molecule has 2 rings (SSSR count). The predicted molar refractivity (Wildman–Crippen MR) is 86.2 cm³/mol. The summed E-state index contributed by atoms with van der Waals surface area (Å²) in [5.41, 5.74) is 1.72. The molecule has 0 bridgehead atoms. The quantitative estimate of drug-likeness (QED) is 0.789. The molecule has 0 radical (unpaired) electrons. The van der Waals surface area contributed by atoms with E-state index in [-0.39, 0.29) is 11.9 Å². The number of rotatable bonds is 5. The van der Waals surface area contributed by atoms with Crippen molar-refractivity contribution >= 4 is 31.9 Å². The second-order valence-electron chi connectivity index (χ2n) is 4.46. The van der Waals surface area contributed by atoms with Gasteiger partial charge in [0.2, 0.25) is 0 Å². The average Bonchev–Trinajstić information content (AvgIpc) is 2.38. The Morgan fingerprint density at radius 1 is 1.30 bits per heavy atom.